The van der Waals surface area contributed by atoms with Crippen LogP contribution in [0.3, 0.4) is 0 Å². The Kier molecular flexibility index (Phi) is 17.5. The Labute approximate surface area is 849 Å². The van der Waals surface area contributed by atoms with Crippen LogP contribution in [-0.4, -0.2) is 37.4 Å². The van der Waals surface area contributed by atoms with E-state index in [-0.39, 0.29) is 22.2 Å². The first-order chi connectivity index (χ1) is 72.1. The molecular weight excluding hydrogens is 1780 g/mol. The van der Waals surface area contributed by atoms with Crippen molar-refractivity contribution in [2.24, 2.45) is 0 Å². The monoisotopic (exact) mass is 1880 g/mol. The summed E-state index contributed by atoms with van der Waals surface area (Å²) < 4.78 is 14.8. The molecule has 0 saturated carbocycles. The third-order valence-corrected chi connectivity index (χ3v) is 33.8. The quantitative estimate of drug-likeness (QED) is 0.122. The maximum Gasteiger partial charge on any atom is 0.160 e. The first-order valence-corrected chi connectivity index (χ1v) is 51.6. The van der Waals surface area contributed by atoms with Gasteiger partial charge in [-0.15, -0.1) is 0 Å². The third-order valence-electron chi connectivity index (χ3n) is 33.8. The zero-order valence-electron chi connectivity index (χ0n) is 82.2. The lowest BCUT2D eigenvalue weighted by atomic mass is 9.82. The molecule has 0 bridgehead atoms. The van der Waals surface area contributed by atoms with E-state index in [1.165, 1.54) is 198 Å². The first-order valence-electron chi connectivity index (χ1n) is 51.6. The average Bonchev–Trinajstić information content (AvgIpc) is 1.56. The number of benzene rings is 20. The highest BCUT2D eigenvalue weighted by molar-refractivity contribution is 6.18. The van der Waals surface area contributed by atoms with Crippen LogP contribution in [0.15, 0.2) is 455 Å². The van der Waals surface area contributed by atoms with Gasteiger partial charge >= 0.3 is 0 Å². The summed E-state index contributed by atoms with van der Waals surface area (Å²) in [5.41, 5.74) is 47.3. The number of rotatable bonds is 12. The fourth-order valence-electron chi connectivity index (χ4n) is 26.5. The molecule has 4 aliphatic rings. The van der Waals surface area contributed by atoms with Crippen LogP contribution in [0.25, 0.3) is 254 Å². The standard InChI is InChI=1S/C139H96N8/c1-137(2)116-34-16-7-25-98(116)101-67-61-95(79-119(101)137)145-127-40-22-13-31-107(127)113-73-86(52-70-130(113)145)89-49-64-110-104-28-10-19-37-124(104)142(133(110)76-89)92-55-43-83(44-56-92)122-82-123(84-45-57-93(58-46-84)143-125-38-20-11-29-105(125)111-65-50-90(77-134(111)143)87-53-71-131-114(74-87)108-32-14-23-41-128(108)146(131)96-62-68-102-99-26-8-17-35-117(99)138(3,4)120(102)80-96)141-136(140-122)85-47-59-94(60-48-85)144-126-39-21-12-30-106(126)112-66-51-91(78-135(112)144)88-54-72-132-115(75-88)109-33-15-24-42-129(109)147(132)97-63-69-103-100-27-9-18-36-118(100)139(5,6)121(103)81-97/h7-45,47-82,84H,46H2,1-6H3. The molecule has 0 aliphatic heterocycles. The number of fused-ring (bicyclic) bond motifs is 27. The molecule has 4 aliphatic carbocycles. The normalized spacial score (nSPS) is 14.7. The third kappa shape index (κ3) is 12.2. The summed E-state index contributed by atoms with van der Waals surface area (Å²) in [6.07, 6.45) is 7.87. The Morgan fingerprint density at radius 1 is 0.204 bits per heavy atom. The average molecular weight is 1880 g/mol. The predicted molar refractivity (Wildman–Crippen MR) is 614 cm³/mol. The molecule has 692 valence electrons. The van der Waals surface area contributed by atoms with E-state index in [0.29, 0.717) is 5.82 Å². The molecule has 31 rings (SSSR count). The van der Waals surface area contributed by atoms with E-state index in [1.54, 1.807) is 0 Å². The highest BCUT2D eigenvalue weighted by Crippen LogP contribution is 2.55. The Morgan fingerprint density at radius 2 is 0.476 bits per heavy atom. The van der Waals surface area contributed by atoms with Crippen molar-refractivity contribution in [1.82, 2.24) is 37.4 Å². The van der Waals surface area contributed by atoms with Crippen molar-refractivity contribution in [2.45, 2.75) is 70.1 Å². The second-order valence-electron chi connectivity index (χ2n) is 42.6. The second kappa shape index (κ2) is 30.9. The first kappa shape index (κ1) is 83.4. The molecule has 1 unspecified atom stereocenters. The molecule has 27 aromatic rings. The van der Waals surface area contributed by atoms with Crippen molar-refractivity contribution in [3.05, 3.63) is 494 Å². The van der Waals surface area contributed by atoms with Gasteiger partial charge in [-0.3, -0.25) is 0 Å². The van der Waals surface area contributed by atoms with Crippen molar-refractivity contribution in [3.63, 3.8) is 0 Å². The molecule has 7 aromatic heterocycles. The van der Waals surface area contributed by atoms with Crippen molar-refractivity contribution >= 4 is 137 Å². The van der Waals surface area contributed by atoms with E-state index < -0.39 is 0 Å². The molecule has 147 heavy (non-hydrogen) atoms. The number of aromatic nitrogens is 8. The van der Waals surface area contributed by atoms with E-state index in [2.05, 4.69) is 524 Å². The van der Waals surface area contributed by atoms with Gasteiger partial charge in [0.2, 0.25) is 0 Å². The summed E-state index contributed by atoms with van der Waals surface area (Å²) in [5, 5.41) is 14.6. The lowest BCUT2D eigenvalue weighted by Crippen LogP contribution is -2.15. The minimum Gasteiger partial charge on any atom is -0.310 e. The number of hydrogen-bond acceptors (Lipinski definition) is 2. The molecular formula is C139H96N8. The fourth-order valence-corrected chi connectivity index (χ4v) is 26.5. The lowest BCUT2D eigenvalue weighted by molar-refractivity contribution is 0.660. The molecule has 0 fully saturated rings. The van der Waals surface area contributed by atoms with E-state index in [1.807, 2.05) is 0 Å². The van der Waals surface area contributed by atoms with Crippen molar-refractivity contribution < 1.29 is 0 Å². The van der Waals surface area contributed by atoms with Crippen LogP contribution in [-0.2, 0) is 16.2 Å². The maximum atomic E-state index is 5.71. The van der Waals surface area contributed by atoms with Gasteiger partial charge in [0.05, 0.1) is 77.6 Å². The number of allylic oxidation sites excluding steroid dienone is 4. The van der Waals surface area contributed by atoms with Crippen molar-refractivity contribution in [2.75, 3.05) is 0 Å². The molecule has 0 radical (unpaired) electrons. The molecule has 7 heterocycles. The second-order valence-corrected chi connectivity index (χ2v) is 42.6. The Morgan fingerprint density at radius 3 is 0.837 bits per heavy atom. The van der Waals surface area contributed by atoms with Crippen LogP contribution in [0, 0.1) is 0 Å². The summed E-state index contributed by atoms with van der Waals surface area (Å²) in [5.74, 6) is 0.593. The summed E-state index contributed by atoms with van der Waals surface area (Å²) >= 11 is 0. The smallest absolute Gasteiger partial charge is 0.160 e. The van der Waals surface area contributed by atoms with E-state index in [4.69, 9.17) is 9.97 Å². The summed E-state index contributed by atoms with van der Waals surface area (Å²) in [4.78, 5) is 11.4. The van der Waals surface area contributed by atoms with Crippen molar-refractivity contribution in [1.29, 1.82) is 0 Å². The maximum absolute atomic E-state index is 5.71. The van der Waals surface area contributed by atoms with Gasteiger partial charge in [0.1, 0.15) is 0 Å². The zero-order valence-corrected chi connectivity index (χ0v) is 82.2. The van der Waals surface area contributed by atoms with E-state index in [0.717, 1.165) is 95.8 Å². The minimum atomic E-state index is -0.124. The highest BCUT2D eigenvalue weighted by atomic mass is 15.0. The topological polar surface area (TPSA) is 55.4 Å². The number of para-hydroxylation sites is 6. The van der Waals surface area contributed by atoms with Crippen LogP contribution >= 0.6 is 0 Å². The van der Waals surface area contributed by atoms with Gasteiger partial charge < -0.3 is 27.4 Å². The molecule has 0 spiro atoms. The van der Waals surface area contributed by atoms with Gasteiger partial charge in [-0.25, -0.2) is 9.97 Å². The summed E-state index contributed by atoms with van der Waals surface area (Å²) in [6.45, 7) is 14.2. The molecule has 0 N–H and O–H groups in total. The van der Waals surface area contributed by atoms with Crippen LogP contribution in [0.4, 0.5) is 0 Å². The van der Waals surface area contributed by atoms with E-state index >= 15 is 0 Å². The lowest BCUT2D eigenvalue weighted by Gasteiger charge is -2.22. The molecule has 8 heteroatoms. The summed E-state index contributed by atoms with van der Waals surface area (Å²) in [6, 6.07) is 164. The van der Waals surface area contributed by atoms with Crippen LogP contribution in [0.2, 0.25) is 0 Å². The number of nitrogens with zero attached hydrogens (tertiary/aromatic N) is 8. The van der Waals surface area contributed by atoms with Crippen LogP contribution in [0.5, 0.6) is 0 Å². The molecule has 0 saturated heterocycles. The molecule has 20 aromatic carbocycles. The minimum absolute atomic E-state index is 0.0746. The highest BCUT2D eigenvalue weighted by Gasteiger charge is 2.40. The van der Waals surface area contributed by atoms with Gasteiger partial charge in [-0.2, -0.15) is 0 Å². The van der Waals surface area contributed by atoms with Gasteiger partial charge in [-0.05, 0) is 282 Å². The van der Waals surface area contributed by atoms with Gasteiger partial charge in [0, 0.05) is 132 Å². The Bertz CT molecular complexity index is 10100. The van der Waals surface area contributed by atoms with Crippen LogP contribution < -0.4 is 0 Å². The van der Waals surface area contributed by atoms with Crippen LogP contribution in [0.1, 0.15) is 93.0 Å². The summed E-state index contributed by atoms with van der Waals surface area (Å²) in [7, 11) is 0. The largest absolute Gasteiger partial charge is 0.310 e. The van der Waals surface area contributed by atoms with Crippen molar-refractivity contribution in [3.8, 4) is 118 Å². The van der Waals surface area contributed by atoms with E-state index in [9.17, 15) is 0 Å². The molecule has 8 nitrogen and oxygen atoms in total. The predicted octanol–water partition coefficient (Wildman–Crippen LogP) is 35.9. The van der Waals surface area contributed by atoms with Gasteiger partial charge in [0.25, 0.3) is 0 Å². The van der Waals surface area contributed by atoms with Gasteiger partial charge in [0.15, 0.2) is 5.82 Å². The molecule has 1 atom stereocenters. The van der Waals surface area contributed by atoms with Gasteiger partial charge in [-0.1, -0.05) is 321 Å². The Hall–Kier alpha value is -18.2. The Balaban J connectivity index is 0.504. The number of hydrogen-bond donors (Lipinski definition) is 0. The zero-order chi connectivity index (χ0) is 97.3. The molecule has 0 amide bonds. The SMILES string of the molecule is CC1(C)c2ccccc2-c2ccc(-n3c4ccccc4c4cc(-c5ccc6c7ccccc7n(C7=CCC(c8cc(-c9ccc(-n%10c%11ccccc%11c%11ccc(-c%12ccc%13c(c%12)c%12ccccc%12n%13-c%12ccc%13c(c%12)C(C)(C)c%12ccccc%12-%13)cc%11%10)cc9)nc(-c9ccc(-n%10c%11ccccc%11c%11ccc(-c%12ccc%13c(c%12)c%12ccccc%12n%13-c%12ccc%13c(c%12)C(C)(C)c%12ccccc%12-%13)cc%11%10)cc9)n8)C=C7)c6c5)ccc43)cc21. The fraction of sp³-hybridized carbons (Fsp3) is 0.0791.